The maximum Gasteiger partial charge on any atom is 0.241 e. The molecule has 1 aliphatic rings. The van der Waals surface area contributed by atoms with Crippen molar-refractivity contribution in [3.05, 3.63) is 35.2 Å². The molecule has 0 amide bonds. The van der Waals surface area contributed by atoms with E-state index in [0.717, 1.165) is 18.7 Å². The van der Waals surface area contributed by atoms with Crippen LogP contribution in [0.15, 0.2) is 28.8 Å². The number of likely N-dealkylation sites (tertiary alicyclic amines) is 1. The molecule has 0 unspecified atom stereocenters. The highest BCUT2D eigenvalue weighted by Gasteiger charge is 2.27. The van der Waals surface area contributed by atoms with Gasteiger partial charge in [0.1, 0.15) is 0 Å². The Morgan fingerprint density at radius 2 is 2.05 bits per heavy atom. The molecule has 1 N–H and O–H groups in total. The molecule has 3 rings (SSSR count). The molecule has 1 aliphatic heterocycles. The van der Waals surface area contributed by atoms with E-state index in [9.17, 15) is 0 Å². The minimum Gasteiger partial charge on any atom is -0.396 e. The minimum atomic E-state index is 0.246. The standard InChI is InChI=1S/C13H14ClN3O2/c14-11-3-1-10(2-4-11)13-15-12(19-16-13)7-17-5-9(6-17)8-18/h1-4,9,18H,5-8H2. The van der Waals surface area contributed by atoms with E-state index in [4.69, 9.17) is 21.2 Å². The Balaban J connectivity index is 1.65. The number of benzene rings is 1. The van der Waals surface area contributed by atoms with Crippen LogP contribution in [0.5, 0.6) is 0 Å². The van der Waals surface area contributed by atoms with Crippen LogP contribution in [0.4, 0.5) is 0 Å². The summed E-state index contributed by atoms with van der Waals surface area (Å²) in [5.74, 6) is 1.56. The number of rotatable bonds is 4. The lowest BCUT2D eigenvalue weighted by Crippen LogP contribution is -2.47. The zero-order chi connectivity index (χ0) is 13.2. The van der Waals surface area contributed by atoms with E-state index in [0.29, 0.717) is 29.2 Å². The average molecular weight is 280 g/mol. The van der Waals surface area contributed by atoms with Crippen LogP contribution < -0.4 is 0 Å². The number of aromatic nitrogens is 2. The summed E-state index contributed by atoms with van der Waals surface area (Å²) in [6, 6.07) is 7.33. The fourth-order valence-electron chi connectivity index (χ4n) is 2.15. The van der Waals surface area contributed by atoms with Crippen molar-refractivity contribution in [2.75, 3.05) is 19.7 Å². The summed E-state index contributed by atoms with van der Waals surface area (Å²) in [6.45, 7) is 2.65. The Labute approximate surface area is 115 Å². The lowest BCUT2D eigenvalue weighted by atomic mass is 10.0. The quantitative estimate of drug-likeness (QED) is 0.925. The fraction of sp³-hybridized carbons (Fsp3) is 0.385. The average Bonchev–Trinajstić information content (AvgIpc) is 2.82. The molecular formula is C13H14ClN3O2. The molecule has 1 aromatic carbocycles. The summed E-state index contributed by atoms with van der Waals surface area (Å²) in [5, 5.41) is 13.6. The number of halogens is 1. The van der Waals surface area contributed by atoms with Gasteiger partial charge in [-0.3, -0.25) is 4.90 Å². The fourth-order valence-corrected chi connectivity index (χ4v) is 2.27. The van der Waals surface area contributed by atoms with Gasteiger partial charge in [0.2, 0.25) is 11.7 Å². The van der Waals surface area contributed by atoms with Crippen LogP contribution in [0, 0.1) is 5.92 Å². The van der Waals surface area contributed by atoms with Crippen molar-refractivity contribution in [2.24, 2.45) is 5.92 Å². The van der Waals surface area contributed by atoms with E-state index in [2.05, 4.69) is 15.0 Å². The molecule has 0 saturated carbocycles. The number of nitrogens with zero attached hydrogens (tertiary/aromatic N) is 3. The molecule has 0 aliphatic carbocycles. The molecule has 1 aromatic heterocycles. The van der Waals surface area contributed by atoms with Crippen LogP contribution in [-0.4, -0.2) is 39.8 Å². The molecule has 1 fully saturated rings. The molecule has 0 bridgehead atoms. The minimum absolute atomic E-state index is 0.246. The van der Waals surface area contributed by atoms with Crippen molar-refractivity contribution >= 4 is 11.6 Å². The van der Waals surface area contributed by atoms with Gasteiger partial charge in [0.15, 0.2) is 0 Å². The van der Waals surface area contributed by atoms with Gasteiger partial charge in [-0.2, -0.15) is 4.98 Å². The molecule has 1 saturated heterocycles. The molecule has 0 radical (unpaired) electrons. The highest BCUT2D eigenvalue weighted by molar-refractivity contribution is 6.30. The van der Waals surface area contributed by atoms with Gasteiger partial charge in [0.05, 0.1) is 6.54 Å². The first kappa shape index (κ1) is 12.6. The van der Waals surface area contributed by atoms with Gasteiger partial charge >= 0.3 is 0 Å². The van der Waals surface area contributed by atoms with E-state index in [1.54, 1.807) is 12.1 Å². The Kier molecular flexibility index (Phi) is 3.50. The Morgan fingerprint density at radius 1 is 1.32 bits per heavy atom. The molecule has 0 spiro atoms. The van der Waals surface area contributed by atoms with Crippen LogP contribution in [0.1, 0.15) is 5.89 Å². The second-order valence-electron chi connectivity index (χ2n) is 4.76. The van der Waals surface area contributed by atoms with Crippen LogP contribution in [0.3, 0.4) is 0 Å². The molecule has 2 aromatic rings. The molecule has 2 heterocycles. The zero-order valence-electron chi connectivity index (χ0n) is 10.3. The van der Waals surface area contributed by atoms with Crippen molar-refractivity contribution in [3.63, 3.8) is 0 Å². The van der Waals surface area contributed by atoms with E-state index >= 15 is 0 Å². The predicted molar refractivity (Wildman–Crippen MR) is 70.6 cm³/mol. The first-order valence-electron chi connectivity index (χ1n) is 6.16. The van der Waals surface area contributed by atoms with Gasteiger partial charge in [0, 0.05) is 36.2 Å². The lowest BCUT2D eigenvalue weighted by Gasteiger charge is -2.36. The smallest absolute Gasteiger partial charge is 0.241 e. The van der Waals surface area contributed by atoms with Gasteiger partial charge < -0.3 is 9.63 Å². The number of hydrogen-bond acceptors (Lipinski definition) is 5. The third kappa shape index (κ3) is 2.78. The summed E-state index contributed by atoms with van der Waals surface area (Å²) >= 11 is 5.84. The third-order valence-electron chi connectivity index (χ3n) is 3.22. The highest BCUT2D eigenvalue weighted by Crippen LogP contribution is 2.21. The number of aliphatic hydroxyl groups excluding tert-OH is 1. The molecule has 0 atom stereocenters. The van der Waals surface area contributed by atoms with Crippen molar-refractivity contribution < 1.29 is 9.63 Å². The molecule has 6 heteroatoms. The maximum atomic E-state index is 8.96. The summed E-state index contributed by atoms with van der Waals surface area (Å²) in [5.41, 5.74) is 0.885. The van der Waals surface area contributed by atoms with Gasteiger partial charge in [0.25, 0.3) is 0 Å². The monoisotopic (exact) mass is 279 g/mol. The summed E-state index contributed by atoms with van der Waals surface area (Å²) < 4.78 is 5.23. The van der Waals surface area contributed by atoms with Crippen molar-refractivity contribution in [1.29, 1.82) is 0 Å². The Bertz CT molecular complexity index is 549. The van der Waals surface area contributed by atoms with Crippen LogP contribution >= 0.6 is 11.6 Å². The number of hydrogen-bond donors (Lipinski definition) is 1. The van der Waals surface area contributed by atoms with Crippen molar-refractivity contribution in [2.45, 2.75) is 6.54 Å². The van der Waals surface area contributed by atoms with Crippen molar-refractivity contribution in [3.8, 4) is 11.4 Å². The first-order chi connectivity index (χ1) is 9.24. The molecule has 19 heavy (non-hydrogen) atoms. The predicted octanol–water partition coefficient (Wildman–Crippen LogP) is 1.81. The van der Waals surface area contributed by atoms with Crippen LogP contribution in [0.2, 0.25) is 5.02 Å². The highest BCUT2D eigenvalue weighted by atomic mass is 35.5. The number of aliphatic hydroxyl groups is 1. The van der Waals surface area contributed by atoms with Crippen molar-refractivity contribution in [1.82, 2.24) is 15.0 Å². The van der Waals surface area contributed by atoms with Crippen LogP contribution in [-0.2, 0) is 6.54 Å². The lowest BCUT2D eigenvalue weighted by molar-refractivity contribution is 0.0402. The van der Waals surface area contributed by atoms with Gasteiger partial charge in [-0.15, -0.1) is 0 Å². The normalized spacial score (nSPS) is 16.5. The molecule has 100 valence electrons. The largest absolute Gasteiger partial charge is 0.396 e. The zero-order valence-corrected chi connectivity index (χ0v) is 11.0. The molecular weight excluding hydrogens is 266 g/mol. The summed E-state index contributed by atoms with van der Waals surface area (Å²) in [6.07, 6.45) is 0. The Hall–Kier alpha value is -1.43. The maximum absolute atomic E-state index is 8.96. The SMILES string of the molecule is OCC1CN(Cc2nc(-c3ccc(Cl)cc3)no2)C1. The van der Waals surface area contributed by atoms with Gasteiger partial charge in [-0.1, -0.05) is 16.8 Å². The van der Waals surface area contributed by atoms with E-state index < -0.39 is 0 Å². The summed E-state index contributed by atoms with van der Waals surface area (Å²) in [7, 11) is 0. The third-order valence-corrected chi connectivity index (χ3v) is 3.47. The topological polar surface area (TPSA) is 62.4 Å². The van der Waals surface area contributed by atoms with E-state index in [-0.39, 0.29) is 6.61 Å². The van der Waals surface area contributed by atoms with Gasteiger partial charge in [-0.05, 0) is 24.3 Å². The Morgan fingerprint density at radius 3 is 2.74 bits per heavy atom. The van der Waals surface area contributed by atoms with Crippen LogP contribution in [0.25, 0.3) is 11.4 Å². The summed E-state index contributed by atoms with van der Waals surface area (Å²) in [4.78, 5) is 6.52. The van der Waals surface area contributed by atoms with E-state index in [1.807, 2.05) is 12.1 Å². The second kappa shape index (κ2) is 5.28. The molecule has 5 nitrogen and oxygen atoms in total. The first-order valence-corrected chi connectivity index (χ1v) is 6.54. The van der Waals surface area contributed by atoms with E-state index in [1.165, 1.54) is 0 Å². The second-order valence-corrected chi connectivity index (χ2v) is 5.20. The van der Waals surface area contributed by atoms with Gasteiger partial charge in [-0.25, -0.2) is 0 Å².